The molecule has 0 radical (unpaired) electrons. The van der Waals surface area contributed by atoms with Gasteiger partial charge in [0.1, 0.15) is 18.0 Å². The normalized spacial score (nSPS) is 19.2. The van der Waals surface area contributed by atoms with Gasteiger partial charge in [0.2, 0.25) is 0 Å². The van der Waals surface area contributed by atoms with E-state index in [4.69, 9.17) is 9.47 Å². The molecule has 4 rings (SSSR count). The zero-order chi connectivity index (χ0) is 20.4. The summed E-state index contributed by atoms with van der Waals surface area (Å²) >= 11 is 0. The molecular formula is C22H22N2O5. The van der Waals surface area contributed by atoms with Crippen molar-refractivity contribution in [3.63, 3.8) is 0 Å². The van der Waals surface area contributed by atoms with Crippen molar-refractivity contribution in [3.05, 3.63) is 60.3 Å². The Morgan fingerprint density at radius 2 is 2.07 bits per heavy atom. The SMILES string of the molecule is COc1cccc(C(=O)N2CC[C@@H](Oc3ccc4ncccc4c3)[C@H](O)C2)c1O. The maximum atomic E-state index is 12.8. The maximum absolute atomic E-state index is 12.8. The van der Waals surface area contributed by atoms with Gasteiger partial charge in [-0.3, -0.25) is 9.78 Å². The number of piperidine rings is 1. The molecule has 7 nitrogen and oxygen atoms in total. The van der Waals surface area contributed by atoms with E-state index < -0.39 is 12.2 Å². The van der Waals surface area contributed by atoms with Gasteiger partial charge in [0, 0.05) is 24.5 Å². The molecule has 1 saturated heterocycles. The van der Waals surface area contributed by atoms with Gasteiger partial charge < -0.3 is 24.6 Å². The van der Waals surface area contributed by atoms with Crippen molar-refractivity contribution in [2.24, 2.45) is 0 Å². The van der Waals surface area contributed by atoms with E-state index in [0.29, 0.717) is 18.7 Å². The Kier molecular flexibility index (Phi) is 5.22. The van der Waals surface area contributed by atoms with E-state index in [1.54, 1.807) is 18.3 Å². The van der Waals surface area contributed by atoms with Gasteiger partial charge in [-0.2, -0.15) is 0 Å². The van der Waals surface area contributed by atoms with Gasteiger partial charge in [-0.1, -0.05) is 12.1 Å². The first-order valence-electron chi connectivity index (χ1n) is 9.41. The van der Waals surface area contributed by atoms with Gasteiger partial charge in [0.15, 0.2) is 11.5 Å². The second-order valence-corrected chi connectivity index (χ2v) is 6.98. The fourth-order valence-corrected chi connectivity index (χ4v) is 3.56. The van der Waals surface area contributed by atoms with E-state index >= 15 is 0 Å². The standard InChI is InChI=1S/C22H22N2O5/c1-28-20-6-2-5-16(21(20)26)22(27)24-11-9-19(18(25)13-24)29-15-7-8-17-14(12-15)4-3-10-23-17/h2-8,10,12,18-19,25-26H,9,11,13H2,1H3/t18-,19-/m1/s1. The summed E-state index contributed by atoms with van der Waals surface area (Å²) in [5.41, 5.74) is 1.02. The average molecular weight is 394 g/mol. The van der Waals surface area contributed by atoms with Crippen molar-refractivity contribution < 1.29 is 24.5 Å². The van der Waals surface area contributed by atoms with Gasteiger partial charge in [0.05, 0.1) is 24.7 Å². The molecule has 1 aromatic heterocycles. The van der Waals surface area contributed by atoms with Crippen LogP contribution >= 0.6 is 0 Å². The molecule has 150 valence electrons. The molecule has 1 aliphatic rings. The molecule has 2 atom stereocenters. The number of para-hydroxylation sites is 1. The number of rotatable bonds is 4. The number of fused-ring (bicyclic) bond motifs is 1. The van der Waals surface area contributed by atoms with Gasteiger partial charge in [-0.25, -0.2) is 0 Å². The van der Waals surface area contributed by atoms with Crippen LogP contribution in [-0.4, -0.2) is 58.4 Å². The van der Waals surface area contributed by atoms with E-state index in [1.807, 2.05) is 30.3 Å². The van der Waals surface area contributed by atoms with Crippen LogP contribution in [-0.2, 0) is 0 Å². The highest BCUT2D eigenvalue weighted by Gasteiger charge is 2.33. The van der Waals surface area contributed by atoms with Crippen molar-refractivity contribution >= 4 is 16.8 Å². The lowest BCUT2D eigenvalue weighted by atomic mass is 10.0. The molecule has 0 aliphatic carbocycles. The highest BCUT2D eigenvalue weighted by molar-refractivity contribution is 5.97. The Hall–Kier alpha value is -3.32. The number of aromatic nitrogens is 1. The zero-order valence-electron chi connectivity index (χ0n) is 16.0. The van der Waals surface area contributed by atoms with Crippen molar-refractivity contribution in [1.82, 2.24) is 9.88 Å². The molecule has 7 heteroatoms. The smallest absolute Gasteiger partial charge is 0.257 e. The third-order valence-electron chi connectivity index (χ3n) is 5.12. The van der Waals surface area contributed by atoms with Crippen LogP contribution < -0.4 is 9.47 Å². The number of ether oxygens (including phenoxy) is 2. The number of carbonyl (C=O) groups is 1. The molecule has 1 aliphatic heterocycles. The number of carbonyl (C=O) groups excluding carboxylic acids is 1. The number of benzene rings is 2. The Bertz CT molecular complexity index is 1040. The number of phenols is 1. The van der Waals surface area contributed by atoms with Crippen molar-refractivity contribution in [1.29, 1.82) is 0 Å². The first-order valence-corrected chi connectivity index (χ1v) is 9.41. The van der Waals surface area contributed by atoms with E-state index in [0.717, 1.165) is 10.9 Å². The van der Waals surface area contributed by atoms with Crippen LogP contribution in [0.2, 0.25) is 0 Å². The molecule has 0 unspecified atom stereocenters. The number of phenolic OH excluding ortho intramolecular Hbond substituents is 1. The molecule has 0 saturated carbocycles. The number of nitrogens with zero attached hydrogens (tertiary/aromatic N) is 2. The summed E-state index contributed by atoms with van der Waals surface area (Å²) in [4.78, 5) is 18.6. The van der Waals surface area contributed by atoms with Gasteiger partial charge >= 0.3 is 0 Å². The highest BCUT2D eigenvalue weighted by Crippen LogP contribution is 2.31. The quantitative estimate of drug-likeness (QED) is 0.707. The average Bonchev–Trinajstić information content (AvgIpc) is 2.75. The molecule has 0 bridgehead atoms. The van der Waals surface area contributed by atoms with Crippen molar-refractivity contribution in [2.45, 2.75) is 18.6 Å². The van der Waals surface area contributed by atoms with Crippen LogP contribution in [0.3, 0.4) is 0 Å². The lowest BCUT2D eigenvalue weighted by Crippen LogP contribution is -2.51. The monoisotopic (exact) mass is 394 g/mol. The summed E-state index contributed by atoms with van der Waals surface area (Å²) in [5, 5.41) is 21.7. The van der Waals surface area contributed by atoms with Crippen LogP contribution in [0.15, 0.2) is 54.7 Å². The van der Waals surface area contributed by atoms with Gasteiger partial charge in [-0.15, -0.1) is 0 Å². The zero-order valence-corrected chi connectivity index (χ0v) is 16.0. The van der Waals surface area contributed by atoms with Crippen LogP contribution in [0.4, 0.5) is 0 Å². The number of aliphatic hydroxyl groups excluding tert-OH is 1. The first kappa shape index (κ1) is 19.0. The second kappa shape index (κ2) is 7.97. The van der Waals surface area contributed by atoms with E-state index in [-0.39, 0.29) is 29.5 Å². The van der Waals surface area contributed by atoms with E-state index in [2.05, 4.69) is 4.98 Å². The number of amides is 1. The summed E-state index contributed by atoms with van der Waals surface area (Å²) in [6.07, 6.45) is 0.944. The molecule has 1 amide bonds. The highest BCUT2D eigenvalue weighted by atomic mass is 16.5. The van der Waals surface area contributed by atoms with Crippen molar-refractivity contribution in [3.8, 4) is 17.2 Å². The van der Waals surface area contributed by atoms with Crippen molar-refractivity contribution in [2.75, 3.05) is 20.2 Å². The lowest BCUT2D eigenvalue weighted by molar-refractivity contribution is -0.0199. The van der Waals surface area contributed by atoms with Crippen LogP contribution in [0, 0.1) is 0 Å². The molecule has 2 N–H and O–H groups in total. The predicted octanol–water partition coefficient (Wildman–Crippen LogP) is 2.60. The summed E-state index contributed by atoms with van der Waals surface area (Å²) in [6, 6.07) is 14.2. The number of hydrogen-bond acceptors (Lipinski definition) is 6. The van der Waals surface area contributed by atoms with E-state index in [1.165, 1.54) is 18.1 Å². The Morgan fingerprint density at radius 1 is 1.21 bits per heavy atom. The third-order valence-corrected chi connectivity index (χ3v) is 5.12. The number of pyridine rings is 1. The Labute approximate surface area is 168 Å². The van der Waals surface area contributed by atoms with Gasteiger partial charge in [0.25, 0.3) is 5.91 Å². The number of likely N-dealkylation sites (tertiary alicyclic amines) is 1. The number of aliphatic hydroxyl groups is 1. The fourth-order valence-electron chi connectivity index (χ4n) is 3.56. The van der Waals surface area contributed by atoms with Crippen LogP contribution in [0.25, 0.3) is 10.9 Å². The number of hydrogen-bond donors (Lipinski definition) is 2. The van der Waals surface area contributed by atoms with Crippen LogP contribution in [0.1, 0.15) is 16.8 Å². The Morgan fingerprint density at radius 3 is 2.86 bits per heavy atom. The second-order valence-electron chi connectivity index (χ2n) is 6.98. The molecule has 2 aromatic carbocycles. The first-order chi connectivity index (χ1) is 14.1. The summed E-state index contributed by atoms with van der Waals surface area (Å²) in [5.74, 6) is 0.341. The molecule has 1 fully saturated rings. The number of aromatic hydroxyl groups is 1. The minimum Gasteiger partial charge on any atom is -0.504 e. The van der Waals surface area contributed by atoms with Gasteiger partial charge in [-0.05, 0) is 36.4 Å². The largest absolute Gasteiger partial charge is 0.504 e. The fraction of sp³-hybridized carbons (Fsp3) is 0.273. The lowest BCUT2D eigenvalue weighted by Gasteiger charge is -2.36. The maximum Gasteiger partial charge on any atom is 0.257 e. The predicted molar refractivity (Wildman–Crippen MR) is 107 cm³/mol. The number of methoxy groups -OCH3 is 1. The molecular weight excluding hydrogens is 372 g/mol. The molecule has 3 aromatic rings. The molecule has 0 spiro atoms. The minimum absolute atomic E-state index is 0.120. The minimum atomic E-state index is -0.843. The third kappa shape index (κ3) is 3.82. The summed E-state index contributed by atoms with van der Waals surface area (Å²) in [6.45, 7) is 0.529. The van der Waals surface area contributed by atoms with Crippen LogP contribution in [0.5, 0.6) is 17.2 Å². The Balaban J connectivity index is 1.44. The molecule has 2 heterocycles. The summed E-state index contributed by atoms with van der Waals surface area (Å²) in [7, 11) is 1.43. The van der Waals surface area contributed by atoms with E-state index in [9.17, 15) is 15.0 Å². The topological polar surface area (TPSA) is 92.1 Å². The number of β-amino-alcohol motifs (C(OH)–C–C–N with tert-alkyl or cyclic N) is 1. The molecule has 29 heavy (non-hydrogen) atoms. The summed E-state index contributed by atoms with van der Waals surface area (Å²) < 4.78 is 11.0.